The molecule has 1 aliphatic rings. The Morgan fingerprint density at radius 1 is 1.32 bits per heavy atom. The fraction of sp³-hybridized carbons (Fsp3) is 0.188. The van der Waals surface area contributed by atoms with Crippen LogP contribution in [0.15, 0.2) is 60.6 Å². The van der Waals surface area contributed by atoms with Crippen molar-refractivity contribution in [3.63, 3.8) is 0 Å². The zero-order valence-electron chi connectivity index (χ0n) is 13.0. The number of ether oxygens (including phenoxy) is 3. The summed E-state index contributed by atoms with van der Waals surface area (Å²) in [6.07, 6.45) is 4.89. The third kappa shape index (κ3) is 5.48. The maximum atomic E-state index is 12.6. The Balaban J connectivity index is 2.11. The summed E-state index contributed by atoms with van der Waals surface area (Å²) >= 11 is 0. The number of rotatable bonds is 5. The van der Waals surface area contributed by atoms with E-state index in [0.29, 0.717) is 18.1 Å². The first-order valence-corrected chi connectivity index (χ1v) is 6.93. The summed E-state index contributed by atoms with van der Waals surface area (Å²) in [5.74, 6) is -0.747. The molecule has 0 aromatic carbocycles. The monoisotopic (exact) mass is 354 g/mol. The number of carbonyl (C=O) groups is 1. The van der Waals surface area contributed by atoms with Gasteiger partial charge in [0, 0.05) is 11.6 Å². The van der Waals surface area contributed by atoms with Crippen molar-refractivity contribution < 1.29 is 32.2 Å². The molecule has 0 radical (unpaired) electrons. The molecule has 2 rings (SSSR count). The highest BCUT2D eigenvalue weighted by Crippen LogP contribution is 2.29. The normalized spacial score (nSPS) is 16.0. The van der Waals surface area contributed by atoms with Gasteiger partial charge in [-0.05, 0) is 12.5 Å². The van der Waals surface area contributed by atoms with Crippen LogP contribution in [0.5, 0.6) is 5.88 Å². The van der Waals surface area contributed by atoms with Gasteiger partial charge in [-0.15, -0.1) is 0 Å². The van der Waals surface area contributed by atoms with Crippen LogP contribution in [0.4, 0.5) is 13.2 Å². The number of carbonyl (C=O) groups excluding carboxylic acids is 1. The SMILES string of the molecule is COC=CC(=O)OC1=CC=CCC1=COc1cc(C(F)(F)F)ncn1. The molecular weight excluding hydrogens is 341 g/mol. The first-order valence-electron chi connectivity index (χ1n) is 6.93. The summed E-state index contributed by atoms with van der Waals surface area (Å²) in [5, 5.41) is 0. The second-order valence-electron chi connectivity index (χ2n) is 4.62. The molecule has 1 aromatic heterocycles. The van der Waals surface area contributed by atoms with Gasteiger partial charge in [-0.1, -0.05) is 12.2 Å². The molecule has 0 aliphatic heterocycles. The minimum Gasteiger partial charge on any atom is -0.504 e. The van der Waals surface area contributed by atoms with E-state index < -0.39 is 17.8 Å². The van der Waals surface area contributed by atoms with E-state index in [1.165, 1.54) is 19.4 Å². The third-order valence-corrected chi connectivity index (χ3v) is 2.84. The van der Waals surface area contributed by atoms with Crippen molar-refractivity contribution in [3.05, 3.63) is 66.2 Å². The molecule has 132 valence electrons. The highest BCUT2D eigenvalue weighted by Gasteiger charge is 2.33. The molecule has 0 N–H and O–H groups in total. The second-order valence-corrected chi connectivity index (χ2v) is 4.62. The maximum absolute atomic E-state index is 12.6. The van der Waals surface area contributed by atoms with E-state index in [-0.39, 0.29) is 11.6 Å². The number of alkyl halides is 3. The zero-order valence-corrected chi connectivity index (χ0v) is 13.0. The fourth-order valence-corrected chi connectivity index (χ4v) is 1.72. The second kappa shape index (κ2) is 8.13. The molecule has 0 spiro atoms. The third-order valence-electron chi connectivity index (χ3n) is 2.84. The lowest BCUT2D eigenvalue weighted by Gasteiger charge is -2.13. The Morgan fingerprint density at radius 3 is 2.84 bits per heavy atom. The van der Waals surface area contributed by atoms with Gasteiger partial charge in [0.05, 0.1) is 19.4 Å². The van der Waals surface area contributed by atoms with E-state index in [4.69, 9.17) is 9.47 Å². The lowest BCUT2D eigenvalue weighted by atomic mass is 10.1. The van der Waals surface area contributed by atoms with E-state index in [1.54, 1.807) is 12.2 Å². The van der Waals surface area contributed by atoms with Gasteiger partial charge < -0.3 is 14.2 Å². The molecule has 1 aromatic rings. The van der Waals surface area contributed by atoms with Crippen LogP contribution in [0.25, 0.3) is 0 Å². The number of halogens is 3. The van der Waals surface area contributed by atoms with Crippen LogP contribution in [0.3, 0.4) is 0 Å². The van der Waals surface area contributed by atoms with Gasteiger partial charge in [0.2, 0.25) is 5.88 Å². The molecule has 0 saturated carbocycles. The molecular formula is C16H13F3N2O4. The number of esters is 1. The average Bonchev–Trinajstić information content (AvgIpc) is 2.59. The van der Waals surface area contributed by atoms with Gasteiger partial charge in [0.25, 0.3) is 0 Å². The topological polar surface area (TPSA) is 70.5 Å². The van der Waals surface area contributed by atoms with Gasteiger partial charge in [0.15, 0.2) is 5.69 Å². The van der Waals surface area contributed by atoms with Crippen molar-refractivity contribution in [1.29, 1.82) is 0 Å². The molecule has 0 amide bonds. The predicted molar refractivity (Wildman–Crippen MR) is 79.8 cm³/mol. The van der Waals surface area contributed by atoms with Crippen molar-refractivity contribution in [3.8, 4) is 5.88 Å². The van der Waals surface area contributed by atoms with E-state index in [1.807, 2.05) is 0 Å². The highest BCUT2D eigenvalue weighted by atomic mass is 19.4. The van der Waals surface area contributed by atoms with Gasteiger partial charge in [-0.25, -0.2) is 14.8 Å². The van der Waals surface area contributed by atoms with Crippen LogP contribution >= 0.6 is 0 Å². The summed E-state index contributed by atoms with van der Waals surface area (Å²) in [5.41, 5.74) is -0.667. The van der Waals surface area contributed by atoms with Crippen molar-refractivity contribution in [2.75, 3.05) is 7.11 Å². The smallest absolute Gasteiger partial charge is 0.433 e. The lowest BCUT2D eigenvalue weighted by Crippen LogP contribution is -2.09. The van der Waals surface area contributed by atoms with E-state index >= 15 is 0 Å². The molecule has 0 atom stereocenters. The molecule has 1 heterocycles. The van der Waals surface area contributed by atoms with E-state index in [9.17, 15) is 18.0 Å². The lowest BCUT2D eigenvalue weighted by molar-refractivity contribution is -0.141. The minimum atomic E-state index is -4.60. The molecule has 1 aliphatic carbocycles. The number of hydrogen-bond donors (Lipinski definition) is 0. The van der Waals surface area contributed by atoms with Crippen LogP contribution in [-0.2, 0) is 20.4 Å². The first kappa shape index (κ1) is 18.2. The van der Waals surface area contributed by atoms with Crippen LogP contribution in [0, 0.1) is 0 Å². The molecule has 0 bridgehead atoms. The Kier molecular flexibility index (Phi) is 5.93. The number of hydrogen-bond acceptors (Lipinski definition) is 6. The summed E-state index contributed by atoms with van der Waals surface area (Å²) in [4.78, 5) is 18.3. The van der Waals surface area contributed by atoms with Crippen LogP contribution in [-0.4, -0.2) is 23.0 Å². The van der Waals surface area contributed by atoms with Gasteiger partial charge in [-0.3, -0.25) is 0 Å². The van der Waals surface area contributed by atoms with Gasteiger partial charge >= 0.3 is 12.1 Å². The van der Waals surface area contributed by atoms with E-state index in [2.05, 4.69) is 14.7 Å². The fourth-order valence-electron chi connectivity index (χ4n) is 1.72. The molecule has 0 fully saturated rings. The summed E-state index contributed by atoms with van der Waals surface area (Å²) in [7, 11) is 1.38. The number of methoxy groups -OCH3 is 1. The Hall–Kier alpha value is -3.10. The van der Waals surface area contributed by atoms with Crippen molar-refractivity contribution in [2.45, 2.75) is 12.6 Å². The Bertz CT molecular complexity index is 752. The standard InChI is InChI=1S/C16H13F3N2O4/c1-23-7-6-15(22)25-12-5-3-2-4-11(12)9-24-14-8-13(16(17,18)19)20-10-21-14/h2-3,5-10H,4H2,1H3. The van der Waals surface area contributed by atoms with Crippen molar-refractivity contribution >= 4 is 5.97 Å². The highest BCUT2D eigenvalue weighted by molar-refractivity contribution is 5.83. The molecule has 0 saturated heterocycles. The molecule has 0 unspecified atom stereocenters. The van der Waals surface area contributed by atoms with Crippen LogP contribution < -0.4 is 4.74 Å². The predicted octanol–water partition coefficient (Wildman–Crippen LogP) is 3.31. The average molecular weight is 354 g/mol. The largest absolute Gasteiger partial charge is 0.504 e. The van der Waals surface area contributed by atoms with E-state index in [0.717, 1.165) is 18.7 Å². The Morgan fingerprint density at radius 2 is 2.12 bits per heavy atom. The summed E-state index contributed by atoms with van der Waals surface area (Å²) in [6, 6.07) is 0.673. The number of aromatic nitrogens is 2. The number of allylic oxidation sites excluding steroid dienone is 4. The van der Waals surface area contributed by atoms with Crippen LogP contribution in [0.1, 0.15) is 12.1 Å². The van der Waals surface area contributed by atoms with Gasteiger partial charge in [0.1, 0.15) is 18.3 Å². The summed E-state index contributed by atoms with van der Waals surface area (Å²) in [6.45, 7) is 0. The number of nitrogens with zero attached hydrogens (tertiary/aromatic N) is 2. The quantitative estimate of drug-likeness (QED) is 0.459. The molecule has 6 nitrogen and oxygen atoms in total. The molecule has 25 heavy (non-hydrogen) atoms. The zero-order chi connectivity index (χ0) is 18.3. The first-order chi connectivity index (χ1) is 11.9. The van der Waals surface area contributed by atoms with Crippen molar-refractivity contribution in [2.24, 2.45) is 0 Å². The maximum Gasteiger partial charge on any atom is 0.433 e. The Labute approximate surface area is 140 Å². The van der Waals surface area contributed by atoms with Gasteiger partial charge in [-0.2, -0.15) is 13.2 Å². The van der Waals surface area contributed by atoms with Crippen LogP contribution in [0.2, 0.25) is 0 Å². The minimum absolute atomic E-state index is 0.207. The molecule has 9 heteroatoms. The van der Waals surface area contributed by atoms with Crippen molar-refractivity contribution in [1.82, 2.24) is 9.97 Å². The summed E-state index contributed by atoms with van der Waals surface area (Å²) < 4.78 is 52.7.